The van der Waals surface area contributed by atoms with Crippen LogP contribution in [-0.4, -0.2) is 225 Å². The van der Waals surface area contributed by atoms with E-state index in [4.69, 9.17) is 30.1 Å². The molecule has 4 aromatic rings. The minimum atomic E-state index is -1.99. The Morgan fingerprint density at radius 2 is 0.930 bits per heavy atom. The molecule has 0 fully saturated rings. The van der Waals surface area contributed by atoms with Crippen LogP contribution in [0.5, 0.6) is 0 Å². The summed E-state index contributed by atoms with van der Waals surface area (Å²) in [6.45, 7) is 23.0. The number of alkyl carbamates (subject to hydrolysis) is 2. The first kappa shape index (κ1) is 108. The van der Waals surface area contributed by atoms with E-state index in [1.807, 2.05) is 26.1 Å². The van der Waals surface area contributed by atoms with Gasteiger partial charge < -0.3 is 104 Å². The number of anilines is 1. The van der Waals surface area contributed by atoms with E-state index in [1.54, 1.807) is 165 Å². The first-order chi connectivity index (χ1) is 60.4. The van der Waals surface area contributed by atoms with E-state index in [-0.39, 0.29) is 57.6 Å². The maximum Gasteiger partial charge on any atom is 0.416 e. The Hall–Kier alpha value is -12.8. The molecule has 4 rings (SSSR count). The fourth-order valence-electron chi connectivity index (χ4n) is 12.7. The Labute approximate surface area is 750 Å². The SMILES string of the molecule is CC[C@H](C)[C@H](NC(=O)[C@@H](CCCN(C(=N)NC(=O)OCc1ccccc1)C(=O)OCc1ccccc1)NC(=O)[C@H](CC(C)C)NC(=O)[C@@H](NC(=O)[C@H](Cc1cccc(NC(=O)OC(C)(C)C)c1)NC(=O)[C@H](CC(C)(C)C)NC(=O)[C@@H](CC(C)(C)C)NC(=O)OCc1ccccc1)C(O)C(C)C)C(=O)N[C@H](C(=O)NCC(=O)N[C@@H](CC(N)=O)C(=O)N[C@@H](CO)C(=O)O)[C@H](C)O. The van der Waals surface area contributed by atoms with Crippen molar-refractivity contribution in [2.75, 3.05) is 25.0 Å². The van der Waals surface area contributed by atoms with Crippen LogP contribution in [0.4, 0.5) is 24.9 Å². The zero-order valence-electron chi connectivity index (χ0n) is 76.0. The molecule has 710 valence electrons. The Morgan fingerprint density at radius 1 is 0.481 bits per heavy atom. The third-order valence-electron chi connectivity index (χ3n) is 19.4. The Kier molecular flexibility index (Phi) is 44.1. The molecule has 0 heterocycles. The highest BCUT2D eigenvalue weighted by Gasteiger charge is 2.41. The van der Waals surface area contributed by atoms with Gasteiger partial charge in [-0.05, 0) is 123 Å². The highest BCUT2D eigenvalue weighted by Crippen LogP contribution is 2.26. The van der Waals surface area contributed by atoms with E-state index in [0.29, 0.717) is 27.2 Å². The number of aliphatic hydroxyl groups is 3. The summed E-state index contributed by atoms with van der Waals surface area (Å²) >= 11 is 0. The number of carboxylic acids is 1. The molecule has 0 saturated heterocycles. The predicted octanol–water partition coefficient (Wildman–Crippen LogP) is 3.95. The van der Waals surface area contributed by atoms with E-state index in [0.717, 1.165) is 6.92 Å². The average Bonchev–Trinajstić information content (AvgIpc) is 0.823. The number of nitrogens with zero attached hydrogens (tertiary/aromatic N) is 1. The number of rotatable bonds is 47. The summed E-state index contributed by atoms with van der Waals surface area (Å²) in [7, 11) is 0. The quantitative estimate of drug-likeness (QED) is 0.0169. The van der Waals surface area contributed by atoms with Crippen LogP contribution in [0, 0.1) is 34.0 Å². The summed E-state index contributed by atoms with van der Waals surface area (Å²) in [4.78, 5) is 224. The molecule has 40 heteroatoms. The van der Waals surface area contributed by atoms with Crippen molar-refractivity contribution in [3.63, 3.8) is 0 Å². The standard InChI is InChI=1S/C89H130N16O24/c1-17-52(6)68(79(118)102-69(53(7)107)78(117)92-45-67(109)94-62(42-66(90)108)74(113)99-65(46-106)81(120)121)101-72(111)59(37-28-38-105(86(125)128-49-56-33-25-20-26-34-56)82(91)104-84(123)127-48-55-31-23-19-24-32-55)95-73(112)60(39-50(2)3)97-80(119)70(71(110)51(4)5)103-75(114)61(41-57-35-27-36-58(40-57)93-85(124)129-89(14,15)16)96-76(115)63(43-87(8,9)10)98-77(116)64(44-88(11,12)13)100-83(122)126-47-54-29-21-18-22-30-54/h18-27,29-36,40,50-53,59-65,68-71,106-107,110H,17,28,37-39,41-49H2,1-16H3,(H2,90,108)(H,92,117)(H,93,124)(H,94,109)(H,95,112)(H,96,115)(H,97,119)(H,98,116)(H,99,113)(H,100,122)(H,101,111)(H,102,118)(H,103,114)(H,120,121)(H2,91,104,123)/t52-,53-,59+,60-,61-,62-,63-,64+,65-,68-,69-,70-,71?/m0/s1. The van der Waals surface area contributed by atoms with Gasteiger partial charge in [0.05, 0.1) is 31.8 Å². The minimum Gasteiger partial charge on any atom is -0.480 e. The van der Waals surface area contributed by atoms with Crippen molar-refractivity contribution in [2.45, 2.75) is 260 Å². The van der Waals surface area contributed by atoms with Gasteiger partial charge in [-0.25, -0.2) is 28.9 Å². The van der Waals surface area contributed by atoms with Crippen LogP contribution in [0.1, 0.15) is 178 Å². The summed E-state index contributed by atoms with van der Waals surface area (Å²) in [6, 6.07) is 14.5. The molecule has 0 aliphatic rings. The molecule has 20 N–H and O–H groups in total. The topological polar surface area (TPSA) is 600 Å². The van der Waals surface area contributed by atoms with Gasteiger partial charge in [0.2, 0.25) is 70.9 Å². The predicted molar refractivity (Wildman–Crippen MR) is 472 cm³/mol. The fourth-order valence-corrected chi connectivity index (χ4v) is 12.7. The highest BCUT2D eigenvalue weighted by molar-refractivity contribution is 6.01. The smallest absolute Gasteiger partial charge is 0.416 e. The lowest BCUT2D eigenvalue weighted by Gasteiger charge is -2.32. The molecule has 0 bridgehead atoms. The number of aliphatic hydroxyl groups excluding tert-OH is 3. The van der Waals surface area contributed by atoms with Crippen LogP contribution in [0.25, 0.3) is 0 Å². The molecule has 0 spiro atoms. The van der Waals surface area contributed by atoms with Gasteiger partial charge >= 0.3 is 30.3 Å². The number of primary amides is 1. The van der Waals surface area contributed by atoms with Crippen LogP contribution in [0.2, 0.25) is 0 Å². The molecule has 0 aromatic heterocycles. The summed E-state index contributed by atoms with van der Waals surface area (Å²) in [6.07, 6.45) is -10.0. The second-order valence-electron chi connectivity index (χ2n) is 35.5. The molecule has 15 amide bonds. The number of aliphatic carboxylic acids is 1. The Morgan fingerprint density at radius 3 is 1.43 bits per heavy atom. The van der Waals surface area contributed by atoms with Crippen molar-refractivity contribution < 1.29 is 116 Å². The van der Waals surface area contributed by atoms with Gasteiger partial charge in [0.25, 0.3) is 0 Å². The molecule has 0 aliphatic carbocycles. The number of carboxylic acid groups (broad SMARTS) is 1. The molecule has 0 saturated carbocycles. The number of hydrogen-bond acceptors (Lipinski definition) is 24. The number of nitrogens with two attached hydrogens (primary N) is 1. The molecular formula is C89H130N16O24. The zero-order chi connectivity index (χ0) is 96.8. The zero-order valence-corrected chi connectivity index (χ0v) is 76.0. The molecule has 13 atom stereocenters. The monoisotopic (exact) mass is 1810 g/mol. The first-order valence-corrected chi connectivity index (χ1v) is 42.4. The lowest BCUT2D eigenvalue weighted by molar-refractivity contribution is -0.143. The number of benzene rings is 4. The normalized spacial score (nSPS) is 14.5. The molecular weight excluding hydrogens is 1680 g/mol. The van der Waals surface area contributed by atoms with Crippen molar-refractivity contribution in [3.05, 3.63) is 138 Å². The molecule has 1 unspecified atom stereocenters. The second kappa shape index (κ2) is 52.4. The van der Waals surface area contributed by atoms with Crippen LogP contribution in [0.3, 0.4) is 0 Å². The Bertz CT molecular complexity index is 4440. The number of amides is 15. The Balaban J connectivity index is 1.83. The highest BCUT2D eigenvalue weighted by atomic mass is 16.6. The number of carbonyl (C=O) groups excluding carboxylic acids is 15. The van der Waals surface area contributed by atoms with Crippen molar-refractivity contribution in [2.24, 2.45) is 34.3 Å². The van der Waals surface area contributed by atoms with Crippen molar-refractivity contribution in [1.82, 2.24) is 68.7 Å². The van der Waals surface area contributed by atoms with Crippen LogP contribution < -0.4 is 74.9 Å². The van der Waals surface area contributed by atoms with Crippen molar-refractivity contribution in [3.8, 4) is 0 Å². The van der Waals surface area contributed by atoms with E-state index < -0.39 is 247 Å². The fraction of sp³-hybridized carbons (Fsp3) is 0.539. The maximum atomic E-state index is 15.5. The van der Waals surface area contributed by atoms with Gasteiger partial charge in [0, 0.05) is 18.7 Å². The van der Waals surface area contributed by atoms with Gasteiger partial charge in [0.15, 0.2) is 0 Å². The largest absolute Gasteiger partial charge is 0.480 e. The van der Waals surface area contributed by atoms with Gasteiger partial charge in [0.1, 0.15) is 85.8 Å². The average molecular weight is 1810 g/mol. The van der Waals surface area contributed by atoms with Gasteiger partial charge in [-0.15, -0.1) is 0 Å². The minimum absolute atomic E-state index is 0.0531. The van der Waals surface area contributed by atoms with Crippen molar-refractivity contribution >= 4 is 107 Å². The van der Waals surface area contributed by atoms with E-state index in [2.05, 4.69) is 63.8 Å². The lowest BCUT2D eigenvalue weighted by atomic mass is 9.86. The van der Waals surface area contributed by atoms with Crippen LogP contribution in [0.15, 0.2) is 115 Å². The number of hydrogen-bond donors (Lipinski definition) is 19. The number of nitrogens with one attached hydrogen (secondary N) is 14. The van der Waals surface area contributed by atoms with Gasteiger partial charge in [-0.3, -0.25) is 68.8 Å². The molecule has 40 nitrogen and oxygen atoms in total. The van der Waals surface area contributed by atoms with Gasteiger partial charge in [-0.1, -0.05) is 193 Å². The number of ether oxygens (including phenoxy) is 4. The molecule has 0 aliphatic heterocycles. The molecule has 129 heavy (non-hydrogen) atoms. The molecule has 0 radical (unpaired) electrons. The van der Waals surface area contributed by atoms with E-state index >= 15 is 24.0 Å². The summed E-state index contributed by atoms with van der Waals surface area (Å²) in [5.41, 5.74) is 5.28. The lowest BCUT2D eigenvalue weighted by Crippen LogP contribution is -2.63. The second-order valence-corrected chi connectivity index (χ2v) is 35.5. The maximum absolute atomic E-state index is 15.5. The third kappa shape index (κ3) is 40.8. The van der Waals surface area contributed by atoms with Gasteiger partial charge in [-0.2, -0.15) is 0 Å². The van der Waals surface area contributed by atoms with Crippen LogP contribution in [-0.2, 0) is 103 Å². The first-order valence-electron chi connectivity index (χ1n) is 42.4. The third-order valence-corrected chi connectivity index (χ3v) is 19.4. The van der Waals surface area contributed by atoms with E-state index in [9.17, 15) is 73.2 Å². The van der Waals surface area contributed by atoms with E-state index in [1.165, 1.54) is 32.9 Å². The van der Waals surface area contributed by atoms with Crippen LogP contribution >= 0.6 is 0 Å². The number of guanidine groups is 1. The number of carbonyl (C=O) groups is 16. The molecule has 4 aromatic carbocycles. The summed E-state index contributed by atoms with van der Waals surface area (Å²) in [5, 5.41) is 83.0. The summed E-state index contributed by atoms with van der Waals surface area (Å²) < 4.78 is 21.9. The summed E-state index contributed by atoms with van der Waals surface area (Å²) in [5.74, 6) is -16.9. The van der Waals surface area contributed by atoms with Crippen molar-refractivity contribution in [1.29, 1.82) is 5.41 Å².